The van der Waals surface area contributed by atoms with Crippen molar-refractivity contribution in [2.75, 3.05) is 0 Å². The number of nitrogens with one attached hydrogen (secondary N) is 2. The summed E-state index contributed by atoms with van der Waals surface area (Å²) < 4.78 is 1.00. The largest absolute Gasteiger partial charge is 0.354 e. The van der Waals surface area contributed by atoms with Crippen molar-refractivity contribution in [3.8, 4) is 0 Å². The molecule has 0 atom stereocenters. The van der Waals surface area contributed by atoms with E-state index in [1.165, 1.54) is 6.33 Å². The number of H-pyrrole nitrogens is 2. The van der Waals surface area contributed by atoms with Gasteiger partial charge in [-0.15, -0.1) is 0 Å². The Morgan fingerprint density at radius 1 is 1.30 bits per heavy atom. The van der Waals surface area contributed by atoms with E-state index in [2.05, 4.69) is 37.5 Å². The van der Waals surface area contributed by atoms with Gasteiger partial charge < -0.3 is 9.97 Å². The van der Waals surface area contributed by atoms with E-state index in [1.807, 2.05) is 24.3 Å². The lowest BCUT2D eigenvalue weighted by Gasteiger charge is -2.05. The third kappa shape index (κ3) is 2.32. The molecule has 0 spiro atoms. The summed E-state index contributed by atoms with van der Waals surface area (Å²) in [6.07, 6.45) is 5.02. The third-order valence-corrected chi connectivity index (χ3v) is 4.46. The van der Waals surface area contributed by atoms with Crippen LogP contribution in [-0.4, -0.2) is 15.0 Å². The van der Waals surface area contributed by atoms with Crippen molar-refractivity contribution >= 4 is 44.8 Å². The van der Waals surface area contributed by atoms with E-state index < -0.39 is 0 Å². The van der Waals surface area contributed by atoms with Gasteiger partial charge in [0, 0.05) is 15.6 Å². The zero-order chi connectivity index (χ0) is 14.1. The summed E-state index contributed by atoms with van der Waals surface area (Å²) in [5.74, 6) is 0. The lowest BCUT2D eigenvalue weighted by Crippen LogP contribution is -2.05. The fourth-order valence-corrected chi connectivity index (χ4v) is 3.28. The van der Waals surface area contributed by atoms with Crippen molar-refractivity contribution in [1.82, 2.24) is 15.0 Å². The van der Waals surface area contributed by atoms with Gasteiger partial charge in [-0.25, -0.2) is 4.98 Å². The first-order chi connectivity index (χ1) is 9.69. The maximum Gasteiger partial charge on any atom is 0.275 e. The Morgan fingerprint density at radius 2 is 2.15 bits per heavy atom. The molecule has 0 radical (unpaired) electrons. The monoisotopic (exact) mass is 347 g/mol. The van der Waals surface area contributed by atoms with E-state index in [9.17, 15) is 4.79 Å². The Balaban J connectivity index is 2.08. The van der Waals surface area contributed by atoms with Gasteiger partial charge >= 0.3 is 0 Å². The summed E-state index contributed by atoms with van der Waals surface area (Å²) in [6, 6.07) is 5.99. The Kier molecular flexibility index (Phi) is 3.50. The summed E-state index contributed by atoms with van der Waals surface area (Å²) >= 11 is 5.00. The van der Waals surface area contributed by atoms with Crippen LogP contribution >= 0.6 is 27.7 Å². The fraction of sp³-hybridized carbons (Fsp3) is 0. The van der Waals surface area contributed by atoms with Crippen LogP contribution in [0.25, 0.3) is 17.1 Å². The number of aromatic nitrogens is 3. The molecular formula is C14H10BrN3OS. The van der Waals surface area contributed by atoms with Crippen LogP contribution in [-0.2, 0) is 0 Å². The van der Waals surface area contributed by atoms with E-state index in [0.717, 1.165) is 19.8 Å². The molecule has 0 bridgehead atoms. The molecule has 3 rings (SSSR count). The number of aromatic amines is 2. The molecule has 2 N–H and O–H groups in total. The van der Waals surface area contributed by atoms with Crippen molar-refractivity contribution in [2.45, 2.75) is 9.79 Å². The molecule has 2 aromatic heterocycles. The van der Waals surface area contributed by atoms with Crippen LogP contribution in [0.15, 0.2) is 56.4 Å². The third-order valence-electron chi connectivity index (χ3n) is 2.85. The highest BCUT2D eigenvalue weighted by Gasteiger charge is 2.10. The van der Waals surface area contributed by atoms with Gasteiger partial charge in [-0.1, -0.05) is 40.3 Å². The molecule has 0 unspecified atom stereocenters. The topological polar surface area (TPSA) is 61.5 Å². The maximum atomic E-state index is 11.7. The summed E-state index contributed by atoms with van der Waals surface area (Å²) in [7, 11) is 0. The second-order valence-corrected chi connectivity index (χ2v) is 6.10. The van der Waals surface area contributed by atoms with Crippen LogP contribution in [0.4, 0.5) is 0 Å². The molecule has 1 aromatic carbocycles. The molecule has 0 saturated carbocycles. The summed E-state index contributed by atoms with van der Waals surface area (Å²) in [5, 5.41) is 0. The minimum absolute atomic E-state index is 0.165. The van der Waals surface area contributed by atoms with Gasteiger partial charge in [-0.2, -0.15) is 0 Å². The van der Waals surface area contributed by atoms with Gasteiger partial charge in [0.05, 0.1) is 11.2 Å². The Labute approximate surface area is 127 Å². The first-order valence-electron chi connectivity index (χ1n) is 5.83. The molecule has 2 heterocycles. The van der Waals surface area contributed by atoms with E-state index in [0.29, 0.717) is 11.0 Å². The normalized spacial score (nSPS) is 10.8. The van der Waals surface area contributed by atoms with Gasteiger partial charge in [0.15, 0.2) is 0 Å². The number of halogens is 1. The maximum absolute atomic E-state index is 11.7. The van der Waals surface area contributed by atoms with Gasteiger partial charge in [0.1, 0.15) is 11.0 Å². The highest BCUT2D eigenvalue weighted by Crippen LogP contribution is 2.35. The first-order valence-corrected chi connectivity index (χ1v) is 7.44. The molecule has 0 amide bonds. The number of fused-ring (bicyclic) bond motifs is 1. The van der Waals surface area contributed by atoms with Gasteiger partial charge in [0.2, 0.25) is 0 Å². The lowest BCUT2D eigenvalue weighted by molar-refractivity contribution is 1.16. The summed E-state index contributed by atoms with van der Waals surface area (Å²) in [4.78, 5) is 23.4. The number of rotatable bonds is 3. The number of nitrogens with zero attached hydrogens (tertiary/aromatic N) is 1. The Bertz CT molecular complexity index is 853. The SMILES string of the molecule is C=Cc1cc(Br)ccc1Sc1c[nH]c2c(=O)[nH]cnc12. The zero-order valence-electron chi connectivity index (χ0n) is 10.3. The second-order valence-electron chi connectivity index (χ2n) is 4.10. The zero-order valence-corrected chi connectivity index (χ0v) is 12.7. The summed E-state index contributed by atoms with van der Waals surface area (Å²) in [6.45, 7) is 3.83. The summed E-state index contributed by atoms with van der Waals surface area (Å²) in [5.41, 5.74) is 2.04. The Hall–Kier alpha value is -1.79. The number of benzene rings is 1. The van der Waals surface area contributed by atoms with Crippen LogP contribution in [0.2, 0.25) is 0 Å². The average Bonchev–Trinajstić information content (AvgIpc) is 2.85. The molecule has 6 heteroatoms. The van der Waals surface area contributed by atoms with E-state index in [4.69, 9.17) is 0 Å². The van der Waals surface area contributed by atoms with E-state index in [1.54, 1.807) is 18.0 Å². The molecule has 4 nitrogen and oxygen atoms in total. The minimum Gasteiger partial charge on any atom is -0.354 e. The molecular weight excluding hydrogens is 338 g/mol. The van der Waals surface area contributed by atoms with Crippen LogP contribution in [0.5, 0.6) is 0 Å². The highest BCUT2D eigenvalue weighted by atomic mass is 79.9. The lowest BCUT2D eigenvalue weighted by atomic mass is 10.2. The van der Waals surface area contributed by atoms with Crippen LogP contribution in [0, 0.1) is 0 Å². The molecule has 0 saturated heterocycles. The van der Waals surface area contributed by atoms with E-state index in [-0.39, 0.29) is 5.56 Å². The molecule has 0 aliphatic heterocycles. The average molecular weight is 348 g/mol. The van der Waals surface area contributed by atoms with Gasteiger partial charge in [-0.3, -0.25) is 4.79 Å². The molecule has 0 aliphatic rings. The highest BCUT2D eigenvalue weighted by molar-refractivity contribution is 9.10. The smallest absolute Gasteiger partial charge is 0.275 e. The van der Waals surface area contributed by atoms with Crippen molar-refractivity contribution in [1.29, 1.82) is 0 Å². The minimum atomic E-state index is -0.165. The second kappa shape index (κ2) is 5.30. The molecule has 0 aliphatic carbocycles. The predicted octanol–water partition coefficient (Wildman–Crippen LogP) is 3.81. The molecule has 20 heavy (non-hydrogen) atoms. The molecule has 0 fully saturated rings. The fourth-order valence-electron chi connectivity index (χ4n) is 1.89. The quantitative estimate of drug-likeness (QED) is 0.757. The van der Waals surface area contributed by atoms with Crippen molar-refractivity contribution < 1.29 is 0 Å². The first kappa shape index (κ1) is 13.2. The molecule has 3 aromatic rings. The number of hydrogen-bond donors (Lipinski definition) is 2. The van der Waals surface area contributed by atoms with Crippen molar-refractivity contribution in [2.24, 2.45) is 0 Å². The Morgan fingerprint density at radius 3 is 2.95 bits per heavy atom. The van der Waals surface area contributed by atoms with E-state index >= 15 is 0 Å². The van der Waals surface area contributed by atoms with Gasteiger partial charge in [0.25, 0.3) is 5.56 Å². The molecule has 100 valence electrons. The van der Waals surface area contributed by atoms with Crippen molar-refractivity contribution in [3.05, 3.63) is 57.7 Å². The van der Waals surface area contributed by atoms with Crippen LogP contribution < -0.4 is 5.56 Å². The predicted molar refractivity (Wildman–Crippen MR) is 85.1 cm³/mol. The standard InChI is InChI=1S/C14H10BrN3OS/c1-2-8-5-9(15)3-4-10(8)20-11-6-16-13-12(11)17-7-18-14(13)19/h2-7,16H,1H2,(H,17,18,19). The van der Waals surface area contributed by atoms with Crippen LogP contribution in [0.1, 0.15) is 5.56 Å². The number of hydrogen-bond acceptors (Lipinski definition) is 3. The van der Waals surface area contributed by atoms with Crippen molar-refractivity contribution in [3.63, 3.8) is 0 Å². The van der Waals surface area contributed by atoms with Gasteiger partial charge in [-0.05, 0) is 23.8 Å². The van der Waals surface area contributed by atoms with Crippen LogP contribution in [0.3, 0.4) is 0 Å².